The van der Waals surface area contributed by atoms with Gasteiger partial charge >= 0.3 is 6.09 Å². The second-order valence-electron chi connectivity index (χ2n) is 7.50. The molecule has 1 aromatic heterocycles. The van der Waals surface area contributed by atoms with E-state index in [9.17, 15) is 4.79 Å². The van der Waals surface area contributed by atoms with Crippen LogP contribution in [0.15, 0.2) is 6.20 Å². The maximum atomic E-state index is 11.6. The van der Waals surface area contributed by atoms with Gasteiger partial charge in [0.05, 0.1) is 17.4 Å². The Morgan fingerprint density at radius 3 is 2.45 bits per heavy atom. The summed E-state index contributed by atoms with van der Waals surface area (Å²) >= 11 is 0. The highest BCUT2D eigenvalue weighted by Crippen LogP contribution is 2.11. The molecule has 22 heavy (non-hydrogen) atoms. The summed E-state index contributed by atoms with van der Waals surface area (Å²) in [6, 6.07) is -0.0347. The molecule has 2 N–H and O–H groups in total. The minimum atomic E-state index is -0.483. The molecular weight excluding hydrogens is 282 g/mol. The van der Waals surface area contributed by atoms with Gasteiger partial charge in [-0.15, -0.1) is 5.10 Å². The first kappa shape index (κ1) is 18.4. The molecule has 0 aliphatic carbocycles. The lowest BCUT2D eigenvalue weighted by Crippen LogP contribution is -2.42. The molecule has 7 heteroatoms. The van der Waals surface area contributed by atoms with E-state index in [0.717, 1.165) is 5.69 Å². The zero-order valence-corrected chi connectivity index (χ0v) is 14.7. The van der Waals surface area contributed by atoms with Gasteiger partial charge in [0, 0.05) is 19.1 Å². The van der Waals surface area contributed by atoms with Gasteiger partial charge in [0.15, 0.2) is 0 Å². The van der Waals surface area contributed by atoms with Gasteiger partial charge in [0.25, 0.3) is 0 Å². The number of carbonyl (C=O) groups is 1. The van der Waals surface area contributed by atoms with E-state index in [1.807, 2.05) is 38.6 Å². The summed E-state index contributed by atoms with van der Waals surface area (Å²) in [6.07, 6.45) is 1.53. The van der Waals surface area contributed by atoms with Crippen molar-refractivity contribution in [2.24, 2.45) is 0 Å². The van der Waals surface area contributed by atoms with Crippen molar-refractivity contribution in [2.75, 3.05) is 6.54 Å². The Kier molecular flexibility index (Phi) is 5.93. The molecule has 0 aliphatic heterocycles. The van der Waals surface area contributed by atoms with Crippen molar-refractivity contribution in [2.45, 2.75) is 72.2 Å². The lowest BCUT2D eigenvalue weighted by molar-refractivity contribution is 0.0508. The average Bonchev–Trinajstić information content (AvgIpc) is 2.74. The smallest absolute Gasteiger partial charge is 0.407 e. The first-order valence-corrected chi connectivity index (χ1v) is 7.59. The maximum absolute atomic E-state index is 11.6. The maximum Gasteiger partial charge on any atom is 0.407 e. The Labute approximate surface area is 132 Å². The molecule has 0 aromatic carbocycles. The average molecular weight is 311 g/mol. The van der Waals surface area contributed by atoms with Crippen LogP contribution in [-0.2, 0) is 16.8 Å². The van der Waals surface area contributed by atoms with Crippen LogP contribution in [0.2, 0.25) is 0 Å². The number of nitrogens with one attached hydrogen (secondary N) is 2. The van der Waals surface area contributed by atoms with Gasteiger partial charge in [-0.1, -0.05) is 5.21 Å². The molecule has 0 aliphatic rings. The number of aromatic nitrogens is 3. The summed E-state index contributed by atoms with van der Waals surface area (Å²) in [4.78, 5) is 11.6. The molecule has 1 aromatic rings. The van der Waals surface area contributed by atoms with Crippen LogP contribution >= 0.6 is 0 Å². The van der Waals surface area contributed by atoms with E-state index >= 15 is 0 Å². The number of hydrogen-bond acceptors (Lipinski definition) is 5. The second-order valence-corrected chi connectivity index (χ2v) is 7.50. The van der Waals surface area contributed by atoms with Gasteiger partial charge in [-0.25, -0.2) is 9.48 Å². The monoisotopic (exact) mass is 311 g/mol. The fourth-order valence-corrected chi connectivity index (χ4v) is 1.68. The molecular formula is C15H29N5O2. The van der Waals surface area contributed by atoms with Crippen molar-refractivity contribution >= 4 is 6.09 Å². The molecule has 0 saturated heterocycles. The van der Waals surface area contributed by atoms with E-state index in [2.05, 4.69) is 41.7 Å². The summed E-state index contributed by atoms with van der Waals surface area (Å²) in [7, 11) is 0. The van der Waals surface area contributed by atoms with Gasteiger partial charge in [-0.3, -0.25) is 0 Å². The van der Waals surface area contributed by atoms with Crippen LogP contribution in [0.5, 0.6) is 0 Å². The van der Waals surface area contributed by atoms with E-state index in [1.54, 1.807) is 0 Å². The van der Waals surface area contributed by atoms with Crippen molar-refractivity contribution in [1.29, 1.82) is 0 Å². The third kappa shape index (κ3) is 6.89. The first-order valence-electron chi connectivity index (χ1n) is 7.59. The first-order chi connectivity index (χ1) is 9.97. The Bertz CT molecular complexity index is 485. The van der Waals surface area contributed by atoms with Crippen molar-refractivity contribution in [1.82, 2.24) is 25.6 Å². The van der Waals surface area contributed by atoms with Crippen molar-refractivity contribution < 1.29 is 9.53 Å². The van der Waals surface area contributed by atoms with Gasteiger partial charge in [0.1, 0.15) is 5.60 Å². The molecule has 0 fully saturated rings. The van der Waals surface area contributed by atoms with Crippen LogP contribution in [0.25, 0.3) is 0 Å². The molecule has 0 saturated carbocycles. The summed E-state index contributed by atoms with van der Waals surface area (Å²) in [5.74, 6) is 0. The number of carbonyl (C=O) groups excluding carboxylic acids is 1. The summed E-state index contributed by atoms with van der Waals surface area (Å²) in [6.45, 7) is 14.9. The van der Waals surface area contributed by atoms with Gasteiger partial charge in [-0.2, -0.15) is 0 Å². The third-order valence-electron chi connectivity index (χ3n) is 2.75. The van der Waals surface area contributed by atoms with Crippen LogP contribution in [0.3, 0.4) is 0 Å². The molecule has 7 nitrogen and oxygen atoms in total. The highest BCUT2D eigenvalue weighted by atomic mass is 16.6. The van der Waals surface area contributed by atoms with E-state index in [1.165, 1.54) is 0 Å². The van der Waals surface area contributed by atoms with Crippen LogP contribution < -0.4 is 10.6 Å². The number of ether oxygens (including phenoxy) is 1. The molecule has 1 rings (SSSR count). The number of hydrogen-bond donors (Lipinski definition) is 2. The molecule has 0 spiro atoms. The van der Waals surface area contributed by atoms with E-state index < -0.39 is 11.7 Å². The Morgan fingerprint density at radius 1 is 1.32 bits per heavy atom. The SMILES string of the molecule is CC(CNCc1cn(C(C)(C)C)nn1)NC(=O)OC(C)(C)C. The number of rotatable bonds is 5. The predicted molar refractivity (Wildman–Crippen MR) is 85.6 cm³/mol. The van der Waals surface area contributed by atoms with Gasteiger partial charge in [-0.05, 0) is 48.5 Å². The minimum absolute atomic E-state index is 0.0347. The predicted octanol–water partition coefficient (Wildman–Crippen LogP) is 2.04. The Morgan fingerprint density at radius 2 is 1.95 bits per heavy atom. The molecule has 0 bridgehead atoms. The Balaban J connectivity index is 2.32. The van der Waals surface area contributed by atoms with Crippen LogP contribution in [0, 0.1) is 0 Å². The van der Waals surface area contributed by atoms with E-state index in [0.29, 0.717) is 13.1 Å². The minimum Gasteiger partial charge on any atom is -0.444 e. The number of alkyl carbamates (subject to hydrolysis) is 1. The van der Waals surface area contributed by atoms with Crippen molar-refractivity contribution in [3.8, 4) is 0 Å². The van der Waals surface area contributed by atoms with Crippen LogP contribution in [0.4, 0.5) is 4.79 Å². The molecule has 1 atom stereocenters. The lowest BCUT2D eigenvalue weighted by Gasteiger charge is -2.22. The largest absolute Gasteiger partial charge is 0.444 e. The summed E-state index contributed by atoms with van der Waals surface area (Å²) < 4.78 is 7.05. The second kappa shape index (κ2) is 7.09. The highest BCUT2D eigenvalue weighted by molar-refractivity contribution is 5.68. The molecule has 1 amide bonds. The summed E-state index contributed by atoms with van der Waals surface area (Å²) in [5.41, 5.74) is 0.318. The molecule has 126 valence electrons. The molecule has 1 unspecified atom stereocenters. The number of amides is 1. The summed E-state index contributed by atoms with van der Waals surface area (Å²) in [5, 5.41) is 14.3. The number of nitrogens with zero attached hydrogens (tertiary/aromatic N) is 3. The fourth-order valence-electron chi connectivity index (χ4n) is 1.68. The normalized spacial score (nSPS) is 13.8. The quantitative estimate of drug-likeness (QED) is 0.869. The van der Waals surface area contributed by atoms with Crippen molar-refractivity contribution in [3.05, 3.63) is 11.9 Å². The standard InChI is InChI=1S/C15H29N5O2/c1-11(17-13(21)22-15(5,6)7)8-16-9-12-10-20(19-18-12)14(2,3)4/h10-11,16H,8-9H2,1-7H3,(H,17,21). The third-order valence-corrected chi connectivity index (χ3v) is 2.75. The van der Waals surface area contributed by atoms with Crippen molar-refractivity contribution in [3.63, 3.8) is 0 Å². The van der Waals surface area contributed by atoms with E-state index in [-0.39, 0.29) is 11.6 Å². The zero-order valence-electron chi connectivity index (χ0n) is 14.7. The van der Waals surface area contributed by atoms with Crippen LogP contribution in [0.1, 0.15) is 54.2 Å². The topological polar surface area (TPSA) is 81.1 Å². The van der Waals surface area contributed by atoms with Crippen LogP contribution in [-0.4, -0.2) is 39.3 Å². The zero-order chi connectivity index (χ0) is 17.0. The van der Waals surface area contributed by atoms with E-state index in [4.69, 9.17) is 4.74 Å². The lowest BCUT2D eigenvalue weighted by atomic mass is 10.1. The molecule has 0 radical (unpaired) electrons. The van der Waals surface area contributed by atoms with Gasteiger partial charge < -0.3 is 15.4 Å². The fraction of sp³-hybridized carbons (Fsp3) is 0.800. The molecule has 1 heterocycles. The Hall–Kier alpha value is -1.63. The highest BCUT2D eigenvalue weighted by Gasteiger charge is 2.18. The van der Waals surface area contributed by atoms with Gasteiger partial charge in [0.2, 0.25) is 0 Å².